The molecule has 47 heavy (non-hydrogen) atoms. The number of hydrogen-bond donors (Lipinski definition) is 8. The summed E-state index contributed by atoms with van der Waals surface area (Å²) in [6.45, 7) is -1.57. The van der Waals surface area contributed by atoms with Crippen molar-refractivity contribution < 1.29 is 54.8 Å². The van der Waals surface area contributed by atoms with Gasteiger partial charge in [-0.15, -0.1) is 0 Å². The second kappa shape index (κ2) is 11.8. The first-order valence-electron chi connectivity index (χ1n) is 15.4. The molecule has 1 aromatic heterocycles. The Bertz CT molecular complexity index is 1960. The van der Waals surface area contributed by atoms with Crippen molar-refractivity contribution in [2.45, 2.75) is 61.9 Å². The maximum absolute atomic E-state index is 14.0. The highest BCUT2D eigenvalue weighted by atomic mass is 16.7. The molecular formula is C35H35NO11. The topological polar surface area (TPSA) is 202 Å². The Labute approximate surface area is 268 Å². The smallest absolute Gasteiger partial charge is 0.343 e. The molecule has 0 saturated carbocycles. The molecule has 4 aromatic carbocycles. The van der Waals surface area contributed by atoms with Gasteiger partial charge in [0, 0.05) is 5.92 Å². The summed E-state index contributed by atoms with van der Waals surface area (Å²) in [6, 6.07) is 21.6. The van der Waals surface area contributed by atoms with Crippen molar-refractivity contribution in [3.8, 4) is 11.5 Å². The Morgan fingerprint density at radius 2 is 1.70 bits per heavy atom. The lowest BCUT2D eigenvalue weighted by atomic mass is 9.77. The molecule has 0 radical (unpaired) electrons. The molecule has 246 valence electrons. The predicted octanol–water partition coefficient (Wildman–Crippen LogP) is 2.11. The fourth-order valence-corrected chi connectivity index (χ4v) is 7.10. The third kappa shape index (κ3) is 5.23. The Balaban J connectivity index is 1.24. The van der Waals surface area contributed by atoms with Crippen LogP contribution in [0, 0.1) is 5.92 Å². The molecule has 8 N–H and O–H groups in total. The highest BCUT2D eigenvalue weighted by Crippen LogP contribution is 2.49. The zero-order valence-electron chi connectivity index (χ0n) is 25.1. The summed E-state index contributed by atoms with van der Waals surface area (Å²) >= 11 is 0. The third-order valence-electron chi connectivity index (χ3n) is 9.62. The van der Waals surface area contributed by atoms with Crippen molar-refractivity contribution in [3.05, 3.63) is 84.1 Å². The van der Waals surface area contributed by atoms with Gasteiger partial charge >= 0.3 is 5.97 Å². The van der Waals surface area contributed by atoms with Crippen molar-refractivity contribution in [2.75, 3.05) is 6.61 Å². The Morgan fingerprint density at radius 3 is 2.38 bits per heavy atom. The van der Waals surface area contributed by atoms with Gasteiger partial charge in [0.25, 0.3) is 0 Å². The maximum Gasteiger partial charge on any atom is 0.343 e. The molecule has 0 aliphatic carbocycles. The maximum atomic E-state index is 14.0. The average Bonchev–Trinajstić information content (AvgIpc) is 3.55. The van der Waals surface area contributed by atoms with Gasteiger partial charge in [-0.1, -0.05) is 42.5 Å². The highest BCUT2D eigenvalue weighted by molar-refractivity contribution is 6.14. The van der Waals surface area contributed by atoms with Crippen LogP contribution in [0.4, 0.5) is 0 Å². The Morgan fingerprint density at radius 1 is 0.979 bits per heavy atom. The summed E-state index contributed by atoms with van der Waals surface area (Å²) in [5.41, 5.74) is -0.777. The predicted molar refractivity (Wildman–Crippen MR) is 168 cm³/mol. The fourth-order valence-electron chi connectivity index (χ4n) is 7.10. The zero-order chi connectivity index (χ0) is 33.1. The average molecular weight is 646 g/mol. The summed E-state index contributed by atoms with van der Waals surface area (Å²) < 4.78 is 17.7. The van der Waals surface area contributed by atoms with E-state index in [4.69, 9.17) is 14.2 Å². The van der Waals surface area contributed by atoms with Crippen molar-refractivity contribution in [3.63, 3.8) is 0 Å². The number of aliphatic hydroxyl groups excluding tert-OH is 3. The number of esters is 1. The molecule has 7 rings (SSSR count). The van der Waals surface area contributed by atoms with Gasteiger partial charge in [-0.3, -0.25) is 0 Å². The lowest BCUT2D eigenvalue weighted by Crippen LogP contribution is -2.63. The second-order valence-electron chi connectivity index (χ2n) is 12.4. The van der Waals surface area contributed by atoms with Crippen LogP contribution in [-0.2, 0) is 27.3 Å². The number of hydrogen-bond acceptors (Lipinski definition) is 11. The van der Waals surface area contributed by atoms with E-state index in [0.717, 1.165) is 21.5 Å². The molecule has 12 heteroatoms. The molecule has 2 fully saturated rings. The number of carbonyl (C=O) groups is 1. The van der Waals surface area contributed by atoms with Crippen LogP contribution in [0.15, 0.2) is 72.8 Å². The minimum absolute atomic E-state index is 0.0257. The van der Waals surface area contributed by atoms with Crippen LogP contribution in [0.25, 0.3) is 32.4 Å². The molecule has 2 saturated heterocycles. The molecule has 0 bridgehead atoms. The normalized spacial score (nSPS) is 26.7. The van der Waals surface area contributed by atoms with Crippen molar-refractivity contribution in [2.24, 2.45) is 5.92 Å². The van der Waals surface area contributed by atoms with Gasteiger partial charge in [0.05, 0.1) is 29.3 Å². The van der Waals surface area contributed by atoms with E-state index in [2.05, 4.69) is 4.98 Å². The van der Waals surface area contributed by atoms with Gasteiger partial charge in [-0.05, 0) is 76.7 Å². The number of aromatic nitrogens is 1. The van der Waals surface area contributed by atoms with Gasteiger partial charge in [0.2, 0.25) is 5.79 Å². The van der Waals surface area contributed by atoms with E-state index in [1.807, 2.05) is 48.5 Å². The number of H-pyrrole nitrogens is 1. The van der Waals surface area contributed by atoms with Crippen LogP contribution in [-0.4, -0.2) is 89.3 Å². The van der Waals surface area contributed by atoms with Crippen molar-refractivity contribution in [1.82, 2.24) is 4.98 Å². The number of carbonyl (C=O) groups excluding carboxylic acids is 1. The first kappa shape index (κ1) is 31.5. The SMILES string of the molecule is O=C(Oc1c(CO)[nH]c2ccc3cc4ccccc4cc3c12)C1OC(O)(CO)C2(O)CCC(C(Cc3ccc(O)cc3)C(O)O)OC12. The number of aliphatic hydroxyl groups is 6. The van der Waals surface area contributed by atoms with Crippen LogP contribution in [0.2, 0.25) is 0 Å². The minimum Gasteiger partial charge on any atom is -0.508 e. The molecule has 0 spiro atoms. The first-order valence-corrected chi connectivity index (χ1v) is 15.4. The Kier molecular flexibility index (Phi) is 7.94. The Hall–Kier alpha value is -4.11. The number of aromatic hydroxyl groups is 1. The van der Waals surface area contributed by atoms with E-state index < -0.39 is 61.1 Å². The molecule has 2 aliphatic rings. The molecule has 0 amide bonds. The van der Waals surface area contributed by atoms with Gasteiger partial charge in [0.15, 0.2) is 18.1 Å². The van der Waals surface area contributed by atoms with Crippen molar-refractivity contribution in [1.29, 1.82) is 0 Å². The molecule has 6 unspecified atom stereocenters. The molecule has 3 heterocycles. The lowest BCUT2D eigenvalue weighted by molar-refractivity contribution is -0.297. The largest absolute Gasteiger partial charge is 0.508 e. The summed E-state index contributed by atoms with van der Waals surface area (Å²) in [5, 5.41) is 77.6. The quantitative estimate of drug-likeness (QED) is 0.0698. The van der Waals surface area contributed by atoms with Crippen molar-refractivity contribution >= 4 is 38.4 Å². The van der Waals surface area contributed by atoms with Crippen LogP contribution in [0.1, 0.15) is 24.1 Å². The number of phenolic OH excluding ortho intramolecular Hbond substituents is 1. The molecule has 2 aliphatic heterocycles. The lowest BCUT2D eigenvalue weighted by Gasteiger charge is -2.45. The molecule has 6 atom stereocenters. The van der Waals surface area contributed by atoms with E-state index in [9.17, 15) is 40.5 Å². The second-order valence-corrected chi connectivity index (χ2v) is 12.4. The summed E-state index contributed by atoms with van der Waals surface area (Å²) in [4.78, 5) is 17.1. The number of ether oxygens (including phenoxy) is 3. The minimum atomic E-state index is -2.59. The number of benzene rings is 4. The summed E-state index contributed by atoms with van der Waals surface area (Å²) in [6.07, 6.45) is -6.18. The number of rotatable bonds is 8. The number of aromatic amines is 1. The van der Waals surface area contributed by atoms with Gasteiger partial charge in [-0.2, -0.15) is 0 Å². The van der Waals surface area contributed by atoms with Crippen LogP contribution >= 0.6 is 0 Å². The van der Waals surface area contributed by atoms with Gasteiger partial charge in [-0.25, -0.2) is 4.79 Å². The summed E-state index contributed by atoms with van der Waals surface area (Å²) in [5.74, 6) is -4.51. The van der Waals surface area contributed by atoms with E-state index in [1.165, 1.54) is 12.1 Å². The zero-order valence-corrected chi connectivity index (χ0v) is 25.1. The van der Waals surface area contributed by atoms with E-state index >= 15 is 0 Å². The van der Waals surface area contributed by atoms with E-state index in [-0.39, 0.29) is 36.5 Å². The highest BCUT2D eigenvalue weighted by Gasteiger charge is 2.69. The summed E-state index contributed by atoms with van der Waals surface area (Å²) in [7, 11) is 0. The van der Waals surface area contributed by atoms with E-state index in [0.29, 0.717) is 16.5 Å². The van der Waals surface area contributed by atoms with Gasteiger partial charge < -0.3 is 54.9 Å². The van der Waals surface area contributed by atoms with E-state index in [1.54, 1.807) is 12.1 Å². The third-order valence-corrected chi connectivity index (χ3v) is 9.62. The molecule has 12 nitrogen and oxygen atoms in total. The van der Waals surface area contributed by atoms with Gasteiger partial charge in [0.1, 0.15) is 24.1 Å². The number of phenols is 1. The fraction of sp³-hybridized carbons (Fsp3) is 0.343. The number of fused-ring (bicyclic) bond motifs is 5. The number of nitrogens with one attached hydrogen (secondary N) is 1. The monoisotopic (exact) mass is 645 g/mol. The molecule has 5 aromatic rings. The first-order chi connectivity index (χ1) is 22.5. The molecular weight excluding hydrogens is 610 g/mol. The van der Waals surface area contributed by atoms with Crippen LogP contribution in [0.5, 0.6) is 11.5 Å². The van der Waals surface area contributed by atoms with Crippen LogP contribution in [0.3, 0.4) is 0 Å². The van der Waals surface area contributed by atoms with Crippen LogP contribution < -0.4 is 4.74 Å². The standard InChI is InChI=1S/C35H35NO11/c37-16-26-29(28-23-15-20-4-2-1-3-19(20)14-21(23)7-10-25(28)36-26)46-33(42)30-31-34(43,35(44,17-38)47-30)12-11-27(45-31)24(32(40)41)13-18-5-8-22(39)9-6-18/h1-10,14-15,24,27,30-32,36-41,43-44H,11-13,16-17H2.